The quantitative estimate of drug-likeness (QED) is 0.900. The minimum Gasteiger partial charge on any atom is -0.325 e. The molecule has 0 aliphatic heterocycles. The van der Waals surface area contributed by atoms with Crippen LogP contribution >= 0.6 is 0 Å². The standard InChI is InChI=1S/C18H23NO2/c1-12-7-5-6-8-13(12)19-15(21)18-10-9-17(4,14(20)11-18)16(18,2)3/h5-8H,9-11H2,1-4H3,(H,19,21). The molecule has 2 fully saturated rings. The first-order valence-electron chi connectivity index (χ1n) is 7.65. The van der Waals surface area contributed by atoms with Crippen molar-refractivity contribution < 1.29 is 9.59 Å². The van der Waals surface area contributed by atoms with E-state index in [2.05, 4.69) is 19.2 Å². The van der Waals surface area contributed by atoms with Gasteiger partial charge in [0, 0.05) is 17.5 Å². The van der Waals surface area contributed by atoms with Crippen LogP contribution in [0.4, 0.5) is 5.69 Å². The number of carbonyl (C=O) groups is 2. The Bertz CT molecular complexity index is 634. The van der Waals surface area contributed by atoms with E-state index in [1.807, 2.05) is 38.1 Å². The number of hydrogen-bond donors (Lipinski definition) is 1. The van der Waals surface area contributed by atoms with Gasteiger partial charge in [-0.05, 0) is 36.8 Å². The molecule has 2 aliphatic carbocycles. The fourth-order valence-electron chi connectivity index (χ4n) is 4.32. The molecule has 3 heteroatoms. The highest BCUT2D eigenvalue weighted by molar-refractivity contribution is 6.04. The molecule has 3 nitrogen and oxygen atoms in total. The Labute approximate surface area is 126 Å². The Kier molecular flexibility index (Phi) is 2.85. The number of Topliss-reactive ketones (excluding diaryl/α,β-unsaturated/α-hetero) is 1. The molecule has 1 aromatic rings. The molecular formula is C18H23NO2. The Morgan fingerprint density at radius 3 is 2.33 bits per heavy atom. The van der Waals surface area contributed by atoms with E-state index in [1.54, 1.807) is 0 Å². The lowest BCUT2D eigenvalue weighted by Crippen LogP contribution is -2.43. The van der Waals surface area contributed by atoms with Crippen LogP contribution in [0, 0.1) is 23.2 Å². The maximum Gasteiger partial charge on any atom is 0.231 e. The monoisotopic (exact) mass is 285 g/mol. The van der Waals surface area contributed by atoms with Crippen LogP contribution < -0.4 is 5.32 Å². The average Bonchev–Trinajstić information content (AvgIpc) is 2.72. The summed E-state index contributed by atoms with van der Waals surface area (Å²) in [6, 6.07) is 7.78. The zero-order valence-electron chi connectivity index (χ0n) is 13.2. The topological polar surface area (TPSA) is 46.2 Å². The molecule has 2 atom stereocenters. The zero-order chi connectivity index (χ0) is 15.5. The van der Waals surface area contributed by atoms with Gasteiger partial charge in [0.15, 0.2) is 0 Å². The Balaban J connectivity index is 1.96. The van der Waals surface area contributed by atoms with Crippen molar-refractivity contribution in [3.05, 3.63) is 29.8 Å². The van der Waals surface area contributed by atoms with Gasteiger partial charge in [-0.3, -0.25) is 9.59 Å². The minimum absolute atomic E-state index is 0.0105. The fourth-order valence-corrected chi connectivity index (χ4v) is 4.32. The average molecular weight is 285 g/mol. The molecular weight excluding hydrogens is 262 g/mol. The summed E-state index contributed by atoms with van der Waals surface area (Å²) in [6.07, 6.45) is 2.01. The lowest BCUT2D eigenvalue weighted by molar-refractivity contribution is -0.131. The maximum atomic E-state index is 13.0. The number of amides is 1. The third-order valence-corrected chi connectivity index (χ3v) is 6.53. The van der Waals surface area contributed by atoms with Crippen molar-refractivity contribution in [2.24, 2.45) is 16.2 Å². The normalized spacial score (nSPS) is 33.2. The number of carbonyl (C=O) groups excluding carboxylic acids is 2. The van der Waals surface area contributed by atoms with Crippen LogP contribution in [-0.2, 0) is 9.59 Å². The summed E-state index contributed by atoms with van der Waals surface area (Å²) in [4.78, 5) is 25.4. The largest absolute Gasteiger partial charge is 0.325 e. The molecule has 2 aliphatic rings. The SMILES string of the molecule is Cc1ccccc1NC(=O)C12CCC(C)(C(=O)C1)C2(C)C. The zero-order valence-corrected chi connectivity index (χ0v) is 13.2. The number of nitrogens with one attached hydrogen (secondary N) is 1. The highest BCUT2D eigenvalue weighted by atomic mass is 16.2. The highest BCUT2D eigenvalue weighted by Gasteiger charge is 2.72. The van der Waals surface area contributed by atoms with E-state index < -0.39 is 5.41 Å². The number of fused-ring (bicyclic) bond motifs is 2. The molecule has 0 spiro atoms. The van der Waals surface area contributed by atoms with Crippen molar-refractivity contribution in [1.82, 2.24) is 0 Å². The summed E-state index contributed by atoms with van der Waals surface area (Å²) >= 11 is 0. The van der Waals surface area contributed by atoms with Crippen molar-refractivity contribution in [1.29, 1.82) is 0 Å². The molecule has 0 saturated heterocycles. The molecule has 0 aromatic heterocycles. The van der Waals surface area contributed by atoms with E-state index in [0.29, 0.717) is 6.42 Å². The van der Waals surface area contributed by atoms with Crippen LogP contribution in [0.2, 0.25) is 0 Å². The second-order valence-electron chi connectivity index (χ2n) is 7.41. The molecule has 2 saturated carbocycles. The first-order valence-corrected chi connectivity index (χ1v) is 7.65. The lowest BCUT2D eigenvalue weighted by atomic mass is 9.64. The van der Waals surface area contributed by atoms with Gasteiger partial charge in [0.2, 0.25) is 5.91 Å². The molecule has 3 rings (SSSR count). The summed E-state index contributed by atoms with van der Waals surface area (Å²) in [5, 5.41) is 3.07. The molecule has 21 heavy (non-hydrogen) atoms. The van der Waals surface area contributed by atoms with Crippen molar-refractivity contribution in [3.8, 4) is 0 Å². The minimum atomic E-state index is -0.554. The third kappa shape index (κ3) is 1.60. The first-order chi connectivity index (χ1) is 9.74. The molecule has 112 valence electrons. The fraction of sp³-hybridized carbons (Fsp3) is 0.556. The number of para-hydroxylation sites is 1. The van der Waals surface area contributed by atoms with E-state index in [4.69, 9.17) is 0 Å². The van der Waals surface area contributed by atoms with E-state index in [9.17, 15) is 9.59 Å². The van der Waals surface area contributed by atoms with Gasteiger partial charge < -0.3 is 5.32 Å². The Morgan fingerprint density at radius 1 is 1.14 bits per heavy atom. The second-order valence-corrected chi connectivity index (χ2v) is 7.41. The summed E-state index contributed by atoms with van der Waals surface area (Å²) < 4.78 is 0. The maximum absolute atomic E-state index is 13.0. The molecule has 1 aromatic carbocycles. The summed E-state index contributed by atoms with van der Waals surface area (Å²) in [7, 11) is 0. The van der Waals surface area contributed by atoms with E-state index in [-0.39, 0.29) is 22.5 Å². The van der Waals surface area contributed by atoms with Crippen molar-refractivity contribution in [3.63, 3.8) is 0 Å². The van der Waals surface area contributed by atoms with Gasteiger partial charge in [-0.1, -0.05) is 39.0 Å². The van der Waals surface area contributed by atoms with Gasteiger partial charge >= 0.3 is 0 Å². The number of anilines is 1. The second kappa shape index (κ2) is 4.19. The Morgan fingerprint density at radius 2 is 1.81 bits per heavy atom. The van der Waals surface area contributed by atoms with Crippen LogP contribution in [0.25, 0.3) is 0 Å². The number of ketones is 1. The molecule has 2 unspecified atom stereocenters. The van der Waals surface area contributed by atoms with Gasteiger partial charge in [0.05, 0.1) is 5.41 Å². The van der Waals surface area contributed by atoms with Gasteiger partial charge in [-0.15, -0.1) is 0 Å². The van der Waals surface area contributed by atoms with Crippen LogP contribution in [-0.4, -0.2) is 11.7 Å². The van der Waals surface area contributed by atoms with E-state index in [1.165, 1.54) is 0 Å². The first kappa shape index (κ1) is 14.3. The smallest absolute Gasteiger partial charge is 0.231 e. The summed E-state index contributed by atoms with van der Waals surface area (Å²) in [5.74, 6) is 0.259. The van der Waals surface area contributed by atoms with E-state index >= 15 is 0 Å². The van der Waals surface area contributed by atoms with Crippen molar-refractivity contribution in [2.75, 3.05) is 5.32 Å². The molecule has 0 radical (unpaired) electrons. The lowest BCUT2D eigenvalue weighted by Gasteiger charge is -2.38. The van der Waals surface area contributed by atoms with Crippen molar-refractivity contribution >= 4 is 17.4 Å². The van der Waals surface area contributed by atoms with Crippen molar-refractivity contribution in [2.45, 2.75) is 47.0 Å². The molecule has 0 heterocycles. The summed E-state index contributed by atoms with van der Waals surface area (Å²) in [5.41, 5.74) is 0.701. The third-order valence-electron chi connectivity index (χ3n) is 6.53. The molecule has 2 bridgehead atoms. The number of hydrogen-bond acceptors (Lipinski definition) is 2. The summed E-state index contributed by atoms with van der Waals surface area (Å²) in [6.45, 7) is 8.19. The van der Waals surface area contributed by atoms with E-state index in [0.717, 1.165) is 24.1 Å². The molecule has 1 N–H and O–H groups in total. The van der Waals surface area contributed by atoms with Crippen LogP contribution in [0.3, 0.4) is 0 Å². The van der Waals surface area contributed by atoms with Crippen LogP contribution in [0.15, 0.2) is 24.3 Å². The predicted molar refractivity (Wildman–Crippen MR) is 83.0 cm³/mol. The Hall–Kier alpha value is -1.64. The highest BCUT2D eigenvalue weighted by Crippen LogP contribution is 2.70. The van der Waals surface area contributed by atoms with Gasteiger partial charge in [-0.25, -0.2) is 0 Å². The van der Waals surface area contributed by atoms with Crippen LogP contribution in [0.1, 0.15) is 45.6 Å². The number of benzene rings is 1. The van der Waals surface area contributed by atoms with Gasteiger partial charge in [0.1, 0.15) is 5.78 Å². The predicted octanol–water partition coefficient (Wildman–Crippen LogP) is 3.72. The van der Waals surface area contributed by atoms with Gasteiger partial charge in [0.25, 0.3) is 0 Å². The number of rotatable bonds is 2. The van der Waals surface area contributed by atoms with Gasteiger partial charge in [-0.2, -0.15) is 0 Å². The number of aryl methyl sites for hydroxylation is 1. The van der Waals surface area contributed by atoms with Crippen LogP contribution in [0.5, 0.6) is 0 Å². The molecule has 1 amide bonds.